The third-order valence-corrected chi connectivity index (χ3v) is 2.74. The summed E-state index contributed by atoms with van der Waals surface area (Å²) in [5.74, 6) is 2.02. The molecule has 0 aliphatic heterocycles. The molecule has 0 saturated carbocycles. The van der Waals surface area contributed by atoms with Gasteiger partial charge in [0.15, 0.2) is 0 Å². The molecule has 2 aromatic rings. The summed E-state index contributed by atoms with van der Waals surface area (Å²) in [4.78, 5) is 0. The minimum atomic E-state index is 0.144. The molecule has 0 atom stereocenters. The first-order valence-corrected chi connectivity index (χ1v) is 6.93. The van der Waals surface area contributed by atoms with Crippen LogP contribution in [0.1, 0.15) is 26.2 Å². The smallest absolute Gasteiger partial charge is 0.247 e. The number of aromatic nitrogens is 2. The number of ether oxygens (including phenoxy) is 1. The Bertz CT molecular complexity index is 537. The van der Waals surface area contributed by atoms with Gasteiger partial charge in [-0.15, -0.1) is 10.2 Å². The van der Waals surface area contributed by atoms with Crippen LogP contribution in [0.2, 0.25) is 0 Å². The molecule has 0 bridgehead atoms. The van der Waals surface area contributed by atoms with Crippen molar-refractivity contribution in [2.45, 2.75) is 32.8 Å². The van der Waals surface area contributed by atoms with Crippen molar-refractivity contribution in [1.82, 2.24) is 15.5 Å². The highest BCUT2D eigenvalue weighted by molar-refractivity contribution is 5.55. The molecular weight excluding hydrogens is 254 g/mol. The summed E-state index contributed by atoms with van der Waals surface area (Å²) < 4.78 is 11.3. The van der Waals surface area contributed by atoms with Crippen LogP contribution in [0.25, 0.3) is 11.5 Å². The van der Waals surface area contributed by atoms with Crippen molar-refractivity contribution in [3.63, 3.8) is 0 Å². The predicted octanol–water partition coefficient (Wildman–Crippen LogP) is 2.68. The molecule has 108 valence electrons. The summed E-state index contributed by atoms with van der Waals surface area (Å²) in [6.45, 7) is 4.94. The Kier molecular flexibility index (Phi) is 5.12. The summed E-state index contributed by atoms with van der Waals surface area (Å²) >= 11 is 0. The van der Waals surface area contributed by atoms with Gasteiger partial charge in [0.25, 0.3) is 0 Å². The van der Waals surface area contributed by atoms with Crippen LogP contribution in [0, 0.1) is 0 Å². The third kappa shape index (κ3) is 4.06. The molecule has 1 aromatic carbocycles. The van der Waals surface area contributed by atoms with Gasteiger partial charge in [0, 0.05) is 12.0 Å². The van der Waals surface area contributed by atoms with Gasteiger partial charge in [0.2, 0.25) is 11.8 Å². The van der Waals surface area contributed by atoms with Crippen molar-refractivity contribution in [2.24, 2.45) is 0 Å². The fourth-order valence-electron chi connectivity index (χ4n) is 1.86. The van der Waals surface area contributed by atoms with Gasteiger partial charge in [-0.25, -0.2) is 0 Å². The van der Waals surface area contributed by atoms with Gasteiger partial charge in [-0.05, 0) is 52.1 Å². The van der Waals surface area contributed by atoms with Crippen LogP contribution in [0.4, 0.5) is 0 Å². The van der Waals surface area contributed by atoms with Crippen LogP contribution < -0.4 is 10.1 Å². The normalized spacial score (nSPS) is 11.0. The number of nitrogens with one attached hydrogen (secondary N) is 1. The molecule has 0 unspecified atom stereocenters. The molecular formula is C15H21N3O2. The van der Waals surface area contributed by atoms with Crippen LogP contribution in [0.5, 0.6) is 5.75 Å². The lowest BCUT2D eigenvalue weighted by Gasteiger charge is -2.09. The predicted molar refractivity (Wildman–Crippen MR) is 77.7 cm³/mol. The van der Waals surface area contributed by atoms with Crippen molar-refractivity contribution in [3.05, 3.63) is 30.2 Å². The maximum Gasteiger partial charge on any atom is 0.247 e. The first-order chi connectivity index (χ1) is 9.69. The van der Waals surface area contributed by atoms with Crippen LogP contribution in [-0.2, 0) is 6.42 Å². The van der Waals surface area contributed by atoms with Crippen LogP contribution in [-0.4, -0.2) is 29.9 Å². The number of benzene rings is 1. The number of rotatable bonds is 7. The van der Waals surface area contributed by atoms with E-state index in [0.29, 0.717) is 11.8 Å². The van der Waals surface area contributed by atoms with E-state index in [9.17, 15) is 0 Å². The standard InChI is InChI=1S/C15H21N3O2/c1-11(2)19-13-7-4-6-12(10-13)15-18-17-14(20-15)8-5-9-16-3/h4,6-7,10-11,16H,5,8-9H2,1-3H3. The fourth-order valence-corrected chi connectivity index (χ4v) is 1.86. The molecule has 20 heavy (non-hydrogen) atoms. The van der Waals surface area contributed by atoms with E-state index in [-0.39, 0.29) is 6.10 Å². The second-order valence-electron chi connectivity index (χ2n) is 4.90. The third-order valence-electron chi connectivity index (χ3n) is 2.74. The first-order valence-electron chi connectivity index (χ1n) is 6.93. The maximum absolute atomic E-state index is 5.67. The van der Waals surface area contributed by atoms with Crippen LogP contribution in [0.15, 0.2) is 28.7 Å². The lowest BCUT2D eigenvalue weighted by Crippen LogP contribution is -2.08. The zero-order valence-corrected chi connectivity index (χ0v) is 12.2. The molecule has 5 nitrogen and oxygen atoms in total. The Labute approximate surface area is 119 Å². The molecule has 0 saturated heterocycles. The average molecular weight is 275 g/mol. The summed E-state index contributed by atoms with van der Waals surface area (Å²) in [6, 6.07) is 7.72. The molecule has 1 N–H and O–H groups in total. The van der Waals surface area contributed by atoms with Gasteiger partial charge >= 0.3 is 0 Å². The maximum atomic E-state index is 5.67. The molecule has 2 rings (SSSR count). The average Bonchev–Trinajstić information content (AvgIpc) is 2.87. The van der Waals surface area contributed by atoms with Crippen molar-refractivity contribution >= 4 is 0 Å². The van der Waals surface area contributed by atoms with E-state index in [1.54, 1.807) is 0 Å². The van der Waals surface area contributed by atoms with Crippen molar-refractivity contribution in [1.29, 1.82) is 0 Å². The van der Waals surface area contributed by atoms with E-state index in [4.69, 9.17) is 9.15 Å². The van der Waals surface area contributed by atoms with Gasteiger partial charge in [-0.1, -0.05) is 6.07 Å². The van der Waals surface area contributed by atoms with Gasteiger partial charge < -0.3 is 14.5 Å². The lowest BCUT2D eigenvalue weighted by molar-refractivity contribution is 0.242. The number of nitrogens with zero attached hydrogens (tertiary/aromatic N) is 2. The number of hydrogen-bond acceptors (Lipinski definition) is 5. The van der Waals surface area contributed by atoms with E-state index < -0.39 is 0 Å². The van der Waals surface area contributed by atoms with Crippen molar-refractivity contribution in [2.75, 3.05) is 13.6 Å². The van der Waals surface area contributed by atoms with Crippen molar-refractivity contribution in [3.8, 4) is 17.2 Å². The van der Waals surface area contributed by atoms with E-state index in [2.05, 4.69) is 15.5 Å². The Hall–Kier alpha value is -1.88. The summed E-state index contributed by atoms with van der Waals surface area (Å²) in [5, 5.41) is 11.3. The highest BCUT2D eigenvalue weighted by Crippen LogP contribution is 2.23. The molecule has 5 heteroatoms. The quantitative estimate of drug-likeness (QED) is 0.787. The van der Waals surface area contributed by atoms with Gasteiger partial charge in [-0.2, -0.15) is 0 Å². The van der Waals surface area contributed by atoms with E-state index >= 15 is 0 Å². The Balaban J connectivity index is 2.07. The second kappa shape index (κ2) is 7.05. The lowest BCUT2D eigenvalue weighted by atomic mass is 10.2. The molecule has 0 spiro atoms. The summed E-state index contributed by atoms with van der Waals surface area (Å²) in [5.41, 5.74) is 0.885. The van der Waals surface area contributed by atoms with Gasteiger partial charge in [0.1, 0.15) is 5.75 Å². The molecule has 1 aromatic heterocycles. The largest absolute Gasteiger partial charge is 0.491 e. The van der Waals surface area contributed by atoms with Crippen molar-refractivity contribution < 1.29 is 9.15 Å². The second-order valence-corrected chi connectivity index (χ2v) is 4.90. The number of hydrogen-bond donors (Lipinski definition) is 1. The van der Waals surface area contributed by atoms with Gasteiger partial charge in [-0.3, -0.25) is 0 Å². The zero-order valence-electron chi connectivity index (χ0n) is 12.2. The fraction of sp³-hybridized carbons (Fsp3) is 0.467. The highest BCUT2D eigenvalue weighted by Gasteiger charge is 2.09. The monoisotopic (exact) mass is 275 g/mol. The Morgan fingerprint density at radius 1 is 1.30 bits per heavy atom. The Morgan fingerprint density at radius 2 is 2.15 bits per heavy atom. The van der Waals surface area contributed by atoms with E-state index in [1.165, 1.54) is 0 Å². The summed E-state index contributed by atoms with van der Waals surface area (Å²) in [7, 11) is 1.93. The molecule has 0 fully saturated rings. The molecule has 1 heterocycles. The number of aryl methyl sites for hydroxylation is 1. The minimum absolute atomic E-state index is 0.144. The van der Waals surface area contributed by atoms with Crippen LogP contribution in [0.3, 0.4) is 0 Å². The van der Waals surface area contributed by atoms with Gasteiger partial charge in [0.05, 0.1) is 6.10 Å². The van der Waals surface area contributed by atoms with Crippen LogP contribution >= 0.6 is 0 Å². The summed E-state index contributed by atoms with van der Waals surface area (Å²) in [6.07, 6.45) is 1.91. The molecule has 0 aliphatic rings. The van der Waals surface area contributed by atoms with E-state index in [1.807, 2.05) is 45.2 Å². The topological polar surface area (TPSA) is 60.2 Å². The molecule has 0 amide bonds. The van der Waals surface area contributed by atoms with E-state index in [0.717, 1.165) is 30.7 Å². The minimum Gasteiger partial charge on any atom is -0.491 e. The SMILES string of the molecule is CNCCCc1nnc(-c2cccc(OC(C)C)c2)o1. The first kappa shape index (κ1) is 14.5. The molecule has 0 radical (unpaired) electrons. The molecule has 0 aliphatic carbocycles. The Morgan fingerprint density at radius 3 is 2.90 bits per heavy atom. The highest BCUT2D eigenvalue weighted by atomic mass is 16.5. The zero-order chi connectivity index (χ0) is 14.4.